The second-order valence-electron chi connectivity index (χ2n) is 6.20. The van der Waals surface area contributed by atoms with E-state index >= 15 is 0 Å². The van der Waals surface area contributed by atoms with Gasteiger partial charge in [-0.25, -0.2) is 0 Å². The molecule has 0 bridgehead atoms. The highest BCUT2D eigenvalue weighted by atomic mass is 16.5. The Morgan fingerprint density at radius 1 is 1.30 bits per heavy atom. The molecule has 23 heavy (non-hydrogen) atoms. The fourth-order valence-corrected chi connectivity index (χ4v) is 3.44. The first-order chi connectivity index (χ1) is 11.1. The topological polar surface area (TPSA) is 58.6 Å². The van der Waals surface area contributed by atoms with Gasteiger partial charge in [0.05, 0.1) is 7.11 Å². The Labute approximate surface area is 138 Å². The van der Waals surface area contributed by atoms with Gasteiger partial charge < -0.3 is 15.2 Å². The van der Waals surface area contributed by atoms with Crippen LogP contribution in [-0.2, 0) is 11.2 Å². The third-order valence-corrected chi connectivity index (χ3v) is 4.49. The van der Waals surface area contributed by atoms with Crippen molar-refractivity contribution in [2.24, 2.45) is 5.92 Å². The number of ether oxygens (including phenoxy) is 1. The Morgan fingerprint density at radius 2 is 2.00 bits per heavy atom. The maximum Gasteiger partial charge on any atom is 0.300 e. The summed E-state index contributed by atoms with van der Waals surface area (Å²) in [5.41, 5.74) is 3.07. The molecule has 1 saturated heterocycles. The number of hydrogen-bond acceptors (Lipinski definition) is 3. The number of fused-ring (bicyclic) bond motifs is 1. The van der Waals surface area contributed by atoms with Gasteiger partial charge in [0.1, 0.15) is 5.75 Å². The van der Waals surface area contributed by atoms with Crippen LogP contribution in [0.2, 0.25) is 0 Å². The van der Waals surface area contributed by atoms with Crippen LogP contribution >= 0.6 is 0 Å². The maximum absolute atomic E-state index is 9.00. The van der Waals surface area contributed by atoms with Crippen LogP contribution in [0.25, 0.3) is 0 Å². The summed E-state index contributed by atoms with van der Waals surface area (Å²) in [6, 6.07) is 9.05. The highest BCUT2D eigenvalue weighted by molar-refractivity contribution is 5.62. The van der Waals surface area contributed by atoms with Crippen LogP contribution in [0.3, 0.4) is 0 Å². The molecule has 2 N–H and O–H groups in total. The number of carboxylic acids is 1. The van der Waals surface area contributed by atoms with Gasteiger partial charge in [-0.15, -0.1) is 0 Å². The van der Waals surface area contributed by atoms with Gasteiger partial charge in [-0.2, -0.15) is 0 Å². The van der Waals surface area contributed by atoms with E-state index < -0.39 is 5.97 Å². The van der Waals surface area contributed by atoms with Crippen molar-refractivity contribution in [3.63, 3.8) is 0 Å². The number of piperidine rings is 1. The summed E-state index contributed by atoms with van der Waals surface area (Å²) in [6.45, 7) is 2.25. The van der Waals surface area contributed by atoms with Crippen LogP contribution in [0.1, 0.15) is 38.2 Å². The number of carbonyl (C=O) groups is 1. The molecular weight excluding hydrogens is 290 g/mol. The monoisotopic (exact) mass is 317 g/mol. The van der Waals surface area contributed by atoms with Crippen LogP contribution < -0.4 is 10.1 Å². The molecule has 1 aromatic carbocycles. The lowest BCUT2D eigenvalue weighted by Crippen LogP contribution is -2.42. The molecule has 1 aliphatic carbocycles. The average molecular weight is 317 g/mol. The molecule has 2 atom stereocenters. The summed E-state index contributed by atoms with van der Waals surface area (Å²) >= 11 is 0. The normalized spacial score (nSPS) is 23.0. The molecule has 4 nitrogen and oxygen atoms in total. The predicted octanol–water partition coefficient (Wildman–Crippen LogP) is 3.42. The van der Waals surface area contributed by atoms with Gasteiger partial charge in [0.25, 0.3) is 5.97 Å². The lowest BCUT2D eigenvalue weighted by atomic mass is 9.77. The van der Waals surface area contributed by atoms with Crippen LogP contribution in [-0.4, -0.2) is 30.8 Å². The quantitative estimate of drug-likeness (QED) is 0.839. The molecule has 0 spiro atoms. The number of nitrogens with one attached hydrogen (secondary N) is 1. The summed E-state index contributed by atoms with van der Waals surface area (Å²) in [5, 5.41) is 11.1. The largest absolute Gasteiger partial charge is 0.497 e. The molecule has 0 amide bonds. The number of carboxylic acid groups (broad SMARTS) is 1. The zero-order chi connectivity index (χ0) is 16.7. The molecular formula is C19H27NO3. The van der Waals surface area contributed by atoms with E-state index in [0.29, 0.717) is 6.04 Å². The number of aliphatic carboxylic acids is 1. The van der Waals surface area contributed by atoms with Gasteiger partial charge in [-0.3, -0.25) is 4.79 Å². The zero-order valence-corrected chi connectivity index (χ0v) is 14.0. The summed E-state index contributed by atoms with van der Waals surface area (Å²) < 4.78 is 5.22. The minimum Gasteiger partial charge on any atom is -0.497 e. The van der Waals surface area contributed by atoms with E-state index in [1.807, 2.05) is 0 Å². The van der Waals surface area contributed by atoms with E-state index in [4.69, 9.17) is 14.6 Å². The van der Waals surface area contributed by atoms with E-state index in [1.165, 1.54) is 37.8 Å². The molecule has 4 heteroatoms. The standard InChI is InChI=1S/C17H23NO.C2H4O2/c1-19-15-8-6-13(7-9-15)12-17-16-5-3-2-4-14(16)10-11-18-17;1-2(3)4/h5-9,14,17-18H,2-4,10-12H2,1H3;1H3,(H,3,4)/t14?,17-;/m0./s1. The second kappa shape index (κ2) is 8.73. The molecule has 3 rings (SSSR count). The van der Waals surface area contributed by atoms with Gasteiger partial charge in [-0.05, 0) is 62.3 Å². The Kier molecular flexibility index (Phi) is 6.66. The van der Waals surface area contributed by atoms with Crippen LogP contribution in [0, 0.1) is 5.92 Å². The molecule has 0 aromatic heterocycles. The Morgan fingerprint density at radius 3 is 2.65 bits per heavy atom. The molecule has 2 aliphatic rings. The first-order valence-corrected chi connectivity index (χ1v) is 8.36. The predicted molar refractivity (Wildman–Crippen MR) is 91.8 cm³/mol. The van der Waals surface area contributed by atoms with Gasteiger partial charge in [0.15, 0.2) is 0 Å². The third-order valence-electron chi connectivity index (χ3n) is 4.49. The summed E-state index contributed by atoms with van der Waals surface area (Å²) in [6.07, 6.45) is 8.97. The number of hydrogen-bond donors (Lipinski definition) is 2. The van der Waals surface area contributed by atoms with E-state index in [9.17, 15) is 0 Å². The number of rotatable bonds is 3. The second-order valence-corrected chi connectivity index (χ2v) is 6.20. The Balaban J connectivity index is 0.000000433. The molecule has 1 unspecified atom stereocenters. The van der Waals surface area contributed by atoms with Gasteiger partial charge in [0, 0.05) is 13.0 Å². The van der Waals surface area contributed by atoms with Crippen molar-refractivity contribution < 1.29 is 14.6 Å². The first-order valence-electron chi connectivity index (χ1n) is 8.36. The lowest BCUT2D eigenvalue weighted by Gasteiger charge is -2.36. The maximum atomic E-state index is 9.00. The molecule has 1 aromatic rings. The fourth-order valence-electron chi connectivity index (χ4n) is 3.44. The average Bonchev–Trinajstić information content (AvgIpc) is 2.55. The summed E-state index contributed by atoms with van der Waals surface area (Å²) in [7, 11) is 1.72. The van der Waals surface area contributed by atoms with Crippen molar-refractivity contribution >= 4 is 5.97 Å². The van der Waals surface area contributed by atoms with Crippen molar-refractivity contribution in [2.75, 3.05) is 13.7 Å². The first kappa shape index (κ1) is 17.5. The molecule has 126 valence electrons. The lowest BCUT2D eigenvalue weighted by molar-refractivity contribution is -0.134. The van der Waals surface area contributed by atoms with Crippen molar-refractivity contribution in [3.8, 4) is 5.75 Å². The SMILES string of the molecule is CC(=O)O.COc1ccc(C[C@@H]2NCCC3CCCC=C32)cc1. The minimum atomic E-state index is -0.833. The van der Waals surface area contributed by atoms with Crippen molar-refractivity contribution in [3.05, 3.63) is 41.5 Å². The van der Waals surface area contributed by atoms with E-state index in [2.05, 4.69) is 35.7 Å². The molecule has 1 aliphatic heterocycles. The smallest absolute Gasteiger partial charge is 0.300 e. The third kappa shape index (κ3) is 5.39. The van der Waals surface area contributed by atoms with Crippen LogP contribution in [0.4, 0.5) is 0 Å². The Hall–Kier alpha value is -1.81. The van der Waals surface area contributed by atoms with Crippen molar-refractivity contribution in [1.82, 2.24) is 5.32 Å². The van der Waals surface area contributed by atoms with E-state index in [1.54, 1.807) is 12.7 Å². The van der Waals surface area contributed by atoms with Crippen molar-refractivity contribution in [1.29, 1.82) is 0 Å². The molecule has 0 radical (unpaired) electrons. The zero-order valence-electron chi connectivity index (χ0n) is 14.0. The van der Waals surface area contributed by atoms with Crippen LogP contribution in [0.15, 0.2) is 35.9 Å². The van der Waals surface area contributed by atoms with Crippen molar-refractivity contribution in [2.45, 2.75) is 45.1 Å². The minimum absolute atomic E-state index is 0.549. The summed E-state index contributed by atoms with van der Waals surface area (Å²) in [4.78, 5) is 9.00. The number of benzene rings is 1. The highest BCUT2D eigenvalue weighted by Gasteiger charge is 2.28. The highest BCUT2D eigenvalue weighted by Crippen LogP contribution is 2.33. The fraction of sp³-hybridized carbons (Fsp3) is 0.526. The summed E-state index contributed by atoms with van der Waals surface area (Å²) in [5.74, 6) is 0.952. The van der Waals surface area contributed by atoms with Gasteiger partial charge in [0.2, 0.25) is 0 Å². The molecule has 1 heterocycles. The van der Waals surface area contributed by atoms with Gasteiger partial charge >= 0.3 is 0 Å². The molecule has 0 saturated carbocycles. The Bertz CT molecular complexity index is 532. The van der Waals surface area contributed by atoms with Crippen LogP contribution in [0.5, 0.6) is 5.75 Å². The van der Waals surface area contributed by atoms with E-state index in [0.717, 1.165) is 25.0 Å². The van der Waals surface area contributed by atoms with E-state index in [-0.39, 0.29) is 0 Å². The van der Waals surface area contributed by atoms with Gasteiger partial charge in [-0.1, -0.05) is 23.8 Å². The number of methoxy groups -OCH3 is 1. The molecule has 1 fully saturated rings. The number of allylic oxidation sites excluding steroid dienone is 1.